The van der Waals surface area contributed by atoms with Crippen molar-refractivity contribution in [1.29, 1.82) is 0 Å². The highest BCUT2D eigenvalue weighted by Gasteiger charge is 2.54. The van der Waals surface area contributed by atoms with Gasteiger partial charge in [0.1, 0.15) is 6.10 Å². The molecule has 0 bridgehead atoms. The number of aliphatic hydroxyl groups excluding tert-OH is 2. The van der Waals surface area contributed by atoms with Crippen molar-refractivity contribution in [1.82, 2.24) is 10.6 Å². The first kappa shape index (κ1) is 32.3. The van der Waals surface area contributed by atoms with Crippen LogP contribution in [-0.2, 0) is 38.3 Å². The molecule has 3 aromatic carbocycles. The number of hydrogen-bond donors (Lipinski definition) is 5. The fourth-order valence-electron chi connectivity index (χ4n) is 7.44. The number of benzene rings is 3. The van der Waals surface area contributed by atoms with Gasteiger partial charge < -0.3 is 35.1 Å². The maximum Gasteiger partial charge on any atom is 0.407 e. The number of nitrogens with one attached hydrogen (secondary N) is 2. The average molecular weight is 630 g/mol. The molecule has 10 nitrogen and oxygen atoms in total. The van der Waals surface area contributed by atoms with Crippen molar-refractivity contribution >= 4 is 11.9 Å². The van der Waals surface area contributed by atoms with E-state index in [0.717, 1.165) is 22.3 Å². The van der Waals surface area contributed by atoms with Crippen molar-refractivity contribution in [3.05, 3.63) is 107 Å². The van der Waals surface area contributed by atoms with E-state index in [-0.39, 0.29) is 24.2 Å². The second-order valence-corrected chi connectivity index (χ2v) is 12.7. The highest BCUT2D eigenvalue weighted by molar-refractivity contribution is 5.94. The van der Waals surface area contributed by atoms with Crippen LogP contribution in [0.25, 0.3) is 0 Å². The molecule has 1 amide bonds. The molecule has 2 saturated heterocycles. The van der Waals surface area contributed by atoms with Gasteiger partial charge in [0.15, 0.2) is 5.78 Å². The van der Waals surface area contributed by atoms with Gasteiger partial charge in [-0.25, -0.2) is 4.79 Å². The predicted octanol–water partition coefficient (Wildman–Crippen LogP) is 2.59. The Kier molecular flexibility index (Phi) is 10.1. The fourth-order valence-corrected chi connectivity index (χ4v) is 7.44. The standard InChI is InChI=1S/C36H43N3O7/c37-34(42)46-31-18-25-13-7-8-14-27(25)32(31)28-21-38-36(33(28)41,19-24-11-5-2-6-12-24)20-30(40)29(17-23-9-3-1-4-10-23)39-35(43)45-26-15-16-44-22-26/h1-14,26,28-32,34,38,40,42H,15-22,37H2,(H,39,43)/t26-,28-,29-,30-,31+,32?,34+,36+/m1/s1. The van der Waals surface area contributed by atoms with Crippen LogP contribution in [0.5, 0.6) is 0 Å². The summed E-state index contributed by atoms with van der Waals surface area (Å²) in [6, 6.07) is 26.5. The summed E-state index contributed by atoms with van der Waals surface area (Å²) in [5.41, 5.74) is 8.47. The van der Waals surface area contributed by atoms with Gasteiger partial charge in [-0.15, -0.1) is 0 Å². The van der Waals surface area contributed by atoms with E-state index in [1.807, 2.05) is 84.9 Å². The van der Waals surface area contributed by atoms with E-state index in [4.69, 9.17) is 19.9 Å². The van der Waals surface area contributed by atoms with Gasteiger partial charge in [-0.3, -0.25) is 10.5 Å². The van der Waals surface area contributed by atoms with Crippen molar-refractivity contribution in [3.63, 3.8) is 0 Å². The lowest BCUT2D eigenvalue weighted by molar-refractivity contribution is -0.144. The summed E-state index contributed by atoms with van der Waals surface area (Å²) in [5.74, 6) is -0.858. The molecule has 2 heterocycles. The molecule has 0 radical (unpaired) electrons. The van der Waals surface area contributed by atoms with E-state index in [0.29, 0.717) is 45.4 Å². The minimum Gasteiger partial charge on any atom is -0.444 e. The van der Waals surface area contributed by atoms with E-state index >= 15 is 0 Å². The van der Waals surface area contributed by atoms with Crippen molar-refractivity contribution in [2.45, 2.75) is 74.3 Å². The van der Waals surface area contributed by atoms with E-state index in [2.05, 4.69) is 10.6 Å². The summed E-state index contributed by atoms with van der Waals surface area (Å²) in [5, 5.41) is 28.3. The largest absolute Gasteiger partial charge is 0.444 e. The third-order valence-electron chi connectivity index (χ3n) is 9.59. The second-order valence-electron chi connectivity index (χ2n) is 12.7. The molecule has 3 aromatic rings. The van der Waals surface area contributed by atoms with Gasteiger partial charge in [-0.2, -0.15) is 0 Å². The summed E-state index contributed by atoms with van der Waals surface area (Å²) in [6.07, 6.45) is -2.11. The molecule has 0 saturated carbocycles. The molecule has 6 N–H and O–H groups in total. The van der Waals surface area contributed by atoms with E-state index < -0.39 is 42.2 Å². The van der Waals surface area contributed by atoms with Gasteiger partial charge in [0, 0.05) is 31.2 Å². The number of ketones is 1. The summed E-state index contributed by atoms with van der Waals surface area (Å²) >= 11 is 0. The van der Waals surface area contributed by atoms with Gasteiger partial charge in [-0.1, -0.05) is 84.9 Å². The molecule has 244 valence electrons. The summed E-state index contributed by atoms with van der Waals surface area (Å²) in [7, 11) is 0. The number of carbonyl (C=O) groups excluding carboxylic acids is 2. The number of hydrogen-bond acceptors (Lipinski definition) is 9. The predicted molar refractivity (Wildman–Crippen MR) is 171 cm³/mol. The lowest BCUT2D eigenvalue weighted by Crippen LogP contribution is -2.55. The van der Waals surface area contributed by atoms with Gasteiger partial charge in [0.2, 0.25) is 6.41 Å². The molecule has 0 spiro atoms. The van der Waals surface area contributed by atoms with Crippen LogP contribution in [0.3, 0.4) is 0 Å². The fraction of sp³-hybridized carbons (Fsp3) is 0.444. The number of Topliss-reactive ketones (excluding diaryl/α,β-unsaturated/α-hetero) is 1. The Labute approximate surface area is 269 Å². The number of ether oxygens (including phenoxy) is 3. The van der Waals surface area contributed by atoms with Crippen molar-refractivity contribution < 1.29 is 34.0 Å². The molecule has 6 rings (SSSR count). The third kappa shape index (κ3) is 7.33. The smallest absolute Gasteiger partial charge is 0.407 e. The van der Waals surface area contributed by atoms with Crippen LogP contribution < -0.4 is 16.4 Å². The summed E-state index contributed by atoms with van der Waals surface area (Å²) < 4.78 is 16.7. The lowest BCUT2D eigenvalue weighted by atomic mass is 9.75. The Balaban J connectivity index is 1.28. The highest BCUT2D eigenvalue weighted by Crippen LogP contribution is 2.45. The SMILES string of the molecule is N[C@@H](O)O[C@H]1Cc2ccccc2C1[C@H]1CN[C@@](Cc2ccccc2)(C[C@@H](O)[C@@H](Cc2ccccc2)NC(=O)O[C@@H]2CCOC2)C1=O. The zero-order chi connectivity index (χ0) is 32.1. The Hall–Kier alpha value is -3.64. The minimum atomic E-state index is -1.47. The molecule has 46 heavy (non-hydrogen) atoms. The molecule has 8 atom stereocenters. The van der Waals surface area contributed by atoms with Crippen LogP contribution in [0.4, 0.5) is 4.79 Å². The molecule has 3 aliphatic rings. The van der Waals surface area contributed by atoms with Crippen LogP contribution in [0, 0.1) is 5.92 Å². The third-order valence-corrected chi connectivity index (χ3v) is 9.59. The first-order valence-corrected chi connectivity index (χ1v) is 16.1. The van der Waals surface area contributed by atoms with Crippen LogP contribution in [0.1, 0.15) is 41.0 Å². The molecule has 0 aromatic heterocycles. The number of amides is 1. The Morgan fingerprint density at radius 3 is 2.41 bits per heavy atom. The van der Waals surface area contributed by atoms with Crippen molar-refractivity contribution in [3.8, 4) is 0 Å². The van der Waals surface area contributed by atoms with Crippen LogP contribution in [-0.4, -0.2) is 78.2 Å². The zero-order valence-electron chi connectivity index (χ0n) is 25.8. The van der Waals surface area contributed by atoms with Gasteiger partial charge in [0.25, 0.3) is 0 Å². The van der Waals surface area contributed by atoms with Crippen LogP contribution in [0.15, 0.2) is 84.9 Å². The molecular weight excluding hydrogens is 586 g/mol. The monoisotopic (exact) mass is 629 g/mol. The molecule has 10 heteroatoms. The van der Waals surface area contributed by atoms with Gasteiger partial charge in [-0.05, 0) is 41.5 Å². The van der Waals surface area contributed by atoms with Crippen molar-refractivity contribution in [2.24, 2.45) is 11.7 Å². The number of nitrogens with two attached hydrogens (primary N) is 1. The molecule has 2 aliphatic heterocycles. The topological polar surface area (TPSA) is 152 Å². The normalized spacial score (nSPS) is 27.6. The number of fused-ring (bicyclic) bond motifs is 1. The molecule has 1 aliphatic carbocycles. The quantitative estimate of drug-likeness (QED) is 0.190. The molecular formula is C36H43N3O7. The molecule has 1 unspecified atom stereocenters. The number of rotatable bonds is 12. The van der Waals surface area contributed by atoms with E-state index in [1.54, 1.807) is 0 Å². The Bertz CT molecular complexity index is 1470. The highest BCUT2D eigenvalue weighted by atomic mass is 16.6. The summed E-state index contributed by atoms with van der Waals surface area (Å²) in [6.45, 7) is 1.24. The van der Waals surface area contributed by atoms with Crippen LogP contribution >= 0.6 is 0 Å². The number of alkyl carbamates (subject to hydrolysis) is 1. The van der Waals surface area contributed by atoms with E-state index in [1.165, 1.54) is 0 Å². The van der Waals surface area contributed by atoms with Crippen LogP contribution in [0.2, 0.25) is 0 Å². The average Bonchev–Trinajstić information content (AvgIpc) is 3.76. The number of carbonyl (C=O) groups is 2. The minimum absolute atomic E-state index is 0.0404. The first-order valence-electron chi connectivity index (χ1n) is 16.1. The van der Waals surface area contributed by atoms with E-state index in [9.17, 15) is 19.8 Å². The Morgan fingerprint density at radius 2 is 1.72 bits per heavy atom. The zero-order valence-corrected chi connectivity index (χ0v) is 25.8. The molecule has 2 fully saturated rings. The number of aliphatic hydroxyl groups is 2. The maximum atomic E-state index is 14.8. The van der Waals surface area contributed by atoms with Gasteiger partial charge >= 0.3 is 6.09 Å². The summed E-state index contributed by atoms with van der Waals surface area (Å²) in [4.78, 5) is 27.8. The second kappa shape index (κ2) is 14.4. The first-order chi connectivity index (χ1) is 22.3. The lowest BCUT2D eigenvalue weighted by Gasteiger charge is -2.35. The maximum absolute atomic E-state index is 14.8. The van der Waals surface area contributed by atoms with Crippen molar-refractivity contribution in [2.75, 3.05) is 19.8 Å². The Morgan fingerprint density at radius 1 is 1.02 bits per heavy atom. The van der Waals surface area contributed by atoms with Gasteiger partial charge in [0.05, 0.1) is 37.0 Å².